The van der Waals surface area contributed by atoms with Crippen LogP contribution in [0.2, 0.25) is 5.02 Å². The summed E-state index contributed by atoms with van der Waals surface area (Å²) in [6.07, 6.45) is -0.218. The van der Waals surface area contributed by atoms with Gasteiger partial charge in [-0.15, -0.1) is 11.3 Å². The lowest BCUT2D eigenvalue weighted by Crippen LogP contribution is -2.35. The number of aromatic nitrogens is 2. The van der Waals surface area contributed by atoms with Crippen LogP contribution in [-0.4, -0.2) is 21.9 Å². The molecule has 3 aromatic rings. The standard InChI is InChI=1S/C24H21ClF3N5OS/c25-19-20(22(34)31-23-15(12-29)14-9-5-2-6-10-17(14)35-23)32-33-18(24(26,27)28)11-16(30-21(19)33)13-7-3-1-4-8-13/h1,3-4,7-8,16,18,30H,2,5-6,9-11H2,(H,31,34)/t16-,18+/m1/s1. The number of alkyl halides is 3. The number of amides is 1. The molecule has 3 heterocycles. The van der Waals surface area contributed by atoms with Gasteiger partial charge in [0, 0.05) is 11.3 Å². The lowest BCUT2D eigenvalue weighted by molar-refractivity contribution is -0.173. The minimum atomic E-state index is -4.59. The molecular formula is C24H21ClF3N5OS. The molecule has 1 aliphatic carbocycles. The minimum absolute atomic E-state index is 0.0540. The third-order valence-corrected chi connectivity index (χ3v) is 8.04. The van der Waals surface area contributed by atoms with Crippen molar-refractivity contribution in [3.63, 3.8) is 0 Å². The number of hydrogen-bond donors (Lipinski definition) is 2. The van der Waals surface area contributed by atoms with Gasteiger partial charge in [0.05, 0.1) is 11.6 Å². The van der Waals surface area contributed by atoms with Gasteiger partial charge in [0.1, 0.15) is 21.9 Å². The Bertz CT molecular complexity index is 1310. The Morgan fingerprint density at radius 1 is 1.23 bits per heavy atom. The molecule has 0 radical (unpaired) electrons. The Balaban J connectivity index is 1.49. The highest BCUT2D eigenvalue weighted by molar-refractivity contribution is 7.16. The molecule has 1 amide bonds. The number of anilines is 2. The SMILES string of the molecule is N#Cc1c(NC(=O)c2nn3c(c2Cl)N[C@@H](c2ccccc2)C[C@H]3C(F)(F)F)sc2c1CCCCC2. The van der Waals surface area contributed by atoms with Crippen LogP contribution in [0.3, 0.4) is 0 Å². The predicted molar refractivity (Wildman–Crippen MR) is 128 cm³/mol. The first kappa shape index (κ1) is 23.7. The van der Waals surface area contributed by atoms with E-state index < -0.39 is 24.2 Å². The van der Waals surface area contributed by atoms with Gasteiger partial charge in [0.15, 0.2) is 11.7 Å². The van der Waals surface area contributed by atoms with Gasteiger partial charge in [-0.3, -0.25) is 4.79 Å². The summed E-state index contributed by atoms with van der Waals surface area (Å²) in [6.45, 7) is 0. The van der Waals surface area contributed by atoms with E-state index in [2.05, 4.69) is 21.8 Å². The topological polar surface area (TPSA) is 82.7 Å². The van der Waals surface area contributed by atoms with Crippen LogP contribution < -0.4 is 10.6 Å². The van der Waals surface area contributed by atoms with Crippen molar-refractivity contribution in [3.8, 4) is 6.07 Å². The lowest BCUT2D eigenvalue weighted by Gasteiger charge is -2.33. The largest absolute Gasteiger partial charge is 0.410 e. The van der Waals surface area contributed by atoms with Gasteiger partial charge in [-0.2, -0.15) is 23.5 Å². The predicted octanol–water partition coefficient (Wildman–Crippen LogP) is 6.65. The molecule has 2 N–H and O–H groups in total. The summed E-state index contributed by atoms with van der Waals surface area (Å²) < 4.78 is 42.7. The molecule has 35 heavy (non-hydrogen) atoms. The molecule has 0 spiro atoms. The van der Waals surface area contributed by atoms with E-state index in [-0.39, 0.29) is 23.0 Å². The average molecular weight is 520 g/mol. The second kappa shape index (κ2) is 9.21. The fourth-order valence-electron chi connectivity index (χ4n) is 4.75. The molecule has 0 saturated carbocycles. The summed E-state index contributed by atoms with van der Waals surface area (Å²) in [7, 11) is 0. The molecule has 5 rings (SSSR count). The number of nitriles is 1. The van der Waals surface area contributed by atoms with Crippen LogP contribution in [0.25, 0.3) is 0 Å². The molecule has 2 aromatic heterocycles. The number of fused-ring (bicyclic) bond motifs is 2. The van der Waals surface area contributed by atoms with Crippen LogP contribution in [-0.2, 0) is 12.8 Å². The molecule has 1 aromatic carbocycles. The van der Waals surface area contributed by atoms with Crippen molar-refractivity contribution in [1.82, 2.24) is 9.78 Å². The van der Waals surface area contributed by atoms with Crippen LogP contribution in [0.1, 0.15) is 69.8 Å². The molecule has 0 bridgehead atoms. The zero-order chi connectivity index (χ0) is 24.7. The van der Waals surface area contributed by atoms with Crippen molar-refractivity contribution in [2.24, 2.45) is 0 Å². The Morgan fingerprint density at radius 3 is 2.69 bits per heavy atom. The molecular weight excluding hydrogens is 499 g/mol. The summed E-state index contributed by atoms with van der Waals surface area (Å²) >= 11 is 7.77. The maximum Gasteiger partial charge on any atom is 0.410 e. The third-order valence-electron chi connectivity index (χ3n) is 6.47. The van der Waals surface area contributed by atoms with E-state index in [1.807, 2.05) is 0 Å². The van der Waals surface area contributed by atoms with Gasteiger partial charge in [-0.25, -0.2) is 4.68 Å². The first-order valence-corrected chi connectivity index (χ1v) is 12.5. The number of halogens is 4. The van der Waals surface area contributed by atoms with Gasteiger partial charge in [-0.05, 0) is 36.8 Å². The van der Waals surface area contributed by atoms with Crippen molar-refractivity contribution < 1.29 is 18.0 Å². The number of nitrogens with zero attached hydrogens (tertiary/aromatic N) is 3. The van der Waals surface area contributed by atoms with E-state index in [0.29, 0.717) is 16.1 Å². The summed E-state index contributed by atoms with van der Waals surface area (Å²) in [4.78, 5) is 14.2. The summed E-state index contributed by atoms with van der Waals surface area (Å²) in [6, 6.07) is 8.34. The van der Waals surface area contributed by atoms with E-state index in [9.17, 15) is 23.2 Å². The molecule has 2 aliphatic rings. The molecule has 0 unspecified atom stereocenters. The van der Waals surface area contributed by atoms with E-state index in [1.54, 1.807) is 30.3 Å². The molecule has 11 heteroatoms. The summed E-state index contributed by atoms with van der Waals surface area (Å²) in [5.41, 5.74) is 1.72. The first-order valence-electron chi connectivity index (χ1n) is 11.3. The van der Waals surface area contributed by atoms with Crippen LogP contribution in [0.5, 0.6) is 0 Å². The van der Waals surface area contributed by atoms with Crippen molar-refractivity contribution in [2.45, 2.75) is 56.8 Å². The average Bonchev–Trinajstić information content (AvgIpc) is 3.24. The maximum atomic E-state index is 14.0. The highest BCUT2D eigenvalue weighted by Crippen LogP contribution is 2.46. The van der Waals surface area contributed by atoms with Gasteiger partial charge < -0.3 is 10.6 Å². The van der Waals surface area contributed by atoms with E-state index in [4.69, 9.17) is 11.6 Å². The van der Waals surface area contributed by atoms with Gasteiger partial charge in [0.25, 0.3) is 5.91 Å². The Morgan fingerprint density at radius 2 is 1.97 bits per heavy atom. The number of carbonyl (C=O) groups excluding carboxylic acids is 1. The number of aryl methyl sites for hydroxylation is 1. The van der Waals surface area contributed by atoms with Crippen LogP contribution >= 0.6 is 22.9 Å². The van der Waals surface area contributed by atoms with Gasteiger partial charge in [0.2, 0.25) is 0 Å². The summed E-state index contributed by atoms with van der Waals surface area (Å²) in [5.74, 6) is -0.800. The molecule has 0 saturated heterocycles. The number of thiophene rings is 1. The van der Waals surface area contributed by atoms with Crippen LogP contribution in [0.15, 0.2) is 30.3 Å². The Hall–Kier alpha value is -3.03. The Labute approximate surface area is 208 Å². The fraction of sp³-hybridized carbons (Fsp3) is 0.375. The van der Waals surface area contributed by atoms with Crippen molar-refractivity contribution in [1.29, 1.82) is 5.26 Å². The second-order valence-electron chi connectivity index (χ2n) is 8.69. The number of rotatable bonds is 3. The summed E-state index contributed by atoms with van der Waals surface area (Å²) in [5, 5.41) is 19.6. The fourth-order valence-corrected chi connectivity index (χ4v) is 6.25. The second-order valence-corrected chi connectivity index (χ2v) is 10.2. The van der Waals surface area contributed by atoms with Gasteiger partial charge >= 0.3 is 6.18 Å². The van der Waals surface area contributed by atoms with Crippen molar-refractivity contribution >= 4 is 39.7 Å². The number of nitrogens with one attached hydrogen (secondary N) is 2. The zero-order valence-corrected chi connectivity index (χ0v) is 20.0. The van der Waals surface area contributed by atoms with Crippen molar-refractivity contribution in [2.75, 3.05) is 10.6 Å². The maximum absolute atomic E-state index is 14.0. The van der Waals surface area contributed by atoms with Crippen LogP contribution in [0.4, 0.5) is 24.0 Å². The normalized spacial score (nSPS) is 19.6. The Kier molecular flexibility index (Phi) is 6.23. The minimum Gasteiger partial charge on any atom is -0.362 e. The number of hydrogen-bond acceptors (Lipinski definition) is 5. The van der Waals surface area contributed by atoms with E-state index in [1.165, 1.54) is 11.3 Å². The zero-order valence-electron chi connectivity index (χ0n) is 18.5. The highest BCUT2D eigenvalue weighted by Gasteiger charge is 2.48. The lowest BCUT2D eigenvalue weighted by atomic mass is 9.97. The first-order chi connectivity index (χ1) is 16.8. The van der Waals surface area contributed by atoms with Gasteiger partial charge in [-0.1, -0.05) is 48.4 Å². The quantitative estimate of drug-likeness (QED) is 0.379. The highest BCUT2D eigenvalue weighted by atomic mass is 35.5. The molecule has 2 atom stereocenters. The molecule has 182 valence electrons. The number of carbonyl (C=O) groups is 1. The van der Waals surface area contributed by atoms with E-state index in [0.717, 1.165) is 47.2 Å². The number of benzene rings is 1. The smallest absolute Gasteiger partial charge is 0.362 e. The molecule has 1 aliphatic heterocycles. The van der Waals surface area contributed by atoms with Crippen molar-refractivity contribution in [3.05, 3.63) is 62.6 Å². The third kappa shape index (κ3) is 4.39. The van der Waals surface area contributed by atoms with Crippen LogP contribution in [0, 0.1) is 11.3 Å². The molecule has 0 fully saturated rings. The monoisotopic (exact) mass is 519 g/mol. The van der Waals surface area contributed by atoms with E-state index >= 15 is 0 Å². The molecule has 6 nitrogen and oxygen atoms in total.